The van der Waals surface area contributed by atoms with Crippen molar-refractivity contribution in [3.05, 3.63) is 65.2 Å². The van der Waals surface area contributed by atoms with Gasteiger partial charge in [0, 0.05) is 6.54 Å². The number of carbonyl (C=O) groups is 1. The van der Waals surface area contributed by atoms with Gasteiger partial charge in [-0.2, -0.15) is 0 Å². The predicted octanol–water partition coefficient (Wildman–Crippen LogP) is 4.21. The van der Waals surface area contributed by atoms with Gasteiger partial charge in [-0.05, 0) is 61.9 Å². The number of aryl methyl sites for hydroxylation is 3. The van der Waals surface area contributed by atoms with E-state index in [0.29, 0.717) is 13.0 Å². The minimum absolute atomic E-state index is 0.0373. The molecule has 1 N–H and O–H groups in total. The van der Waals surface area contributed by atoms with Crippen LogP contribution < -0.4 is 10.1 Å². The smallest absolute Gasteiger partial charge is 0.261 e. The van der Waals surface area contributed by atoms with Gasteiger partial charge in [-0.15, -0.1) is 0 Å². The van der Waals surface area contributed by atoms with E-state index in [0.717, 1.165) is 29.7 Å². The Morgan fingerprint density at radius 1 is 1.08 bits per heavy atom. The van der Waals surface area contributed by atoms with Crippen LogP contribution in [0.1, 0.15) is 36.5 Å². The van der Waals surface area contributed by atoms with Gasteiger partial charge in [0.05, 0.1) is 0 Å². The third-order valence-electron chi connectivity index (χ3n) is 3.92. The van der Waals surface area contributed by atoms with Crippen LogP contribution >= 0.6 is 0 Å². The molecule has 0 heterocycles. The third-order valence-corrected chi connectivity index (χ3v) is 3.92. The molecule has 0 saturated heterocycles. The molecule has 0 aliphatic carbocycles. The SMILES string of the molecule is CC[C@@H](Oc1cc(C)cc(C)c1)C(=O)NCCCc1ccccc1. The van der Waals surface area contributed by atoms with Crippen LogP contribution in [-0.2, 0) is 11.2 Å². The molecule has 0 spiro atoms. The van der Waals surface area contributed by atoms with Gasteiger partial charge in [0.1, 0.15) is 5.75 Å². The third kappa shape index (κ3) is 5.73. The predicted molar refractivity (Wildman–Crippen MR) is 98.4 cm³/mol. The highest BCUT2D eigenvalue weighted by atomic mass is 16.5. The van der Waals surface area contributed by atoms with Crippen molar-refractivity contribution in [1.29, 1.82) is 0 Å². The van der Waals surface area contributed by atoms with Crippen LogP contribution in [0.15, 0.2) is 48.5 Å². The van der Waals surface area contributed by atoms with Crippen molar-refractivity contribution < 1.29 is 9.53 Å². The lowest BCUT2D eigenvalue weighted by Crippen LogP contribution is -2.38. The van der Waals surface area contributed by atoms with E-state index in [1.165, 1.54) is 5.56 Å². The number of rotatable bonds is 8. The molecule has 24 heavy (non-hydrogen) atoms. The number of benzene rings is 2. The number of amides is 1. The molecule has 0 saturated carbocycles. The molecule has 128 valence electrons. The number of nitrogens with one attached hydrogen (secondary N) is 1. The van der Waals surface area contributed by atoms with E-state index in [1.54, 1.807) is 0 Å². The molecule has 1 atom stereocenters. The van der Waals surface area contributed by atoms with E-state index in [4.69, 9.17) is 4.74 Å². The van der Waals surface area contributed by atoms with Gasteiger partial charge in [0.25, 0.3) is 5.91 Å². The van der Waals surface area contributed by atoms with Crippen molar-refractivity contribution >= 4 is 5.91 Å². The standard InChI is InChI=1S/C21H27NO2/c1-4-20(24-19-14-16(2)13-17(3)15-19)21(23)22-12-8-11-18-9-6-5-7-10-18/h5-7,9-10,13-15,20H,4,8,11-12H2,1-3H3,(H,22,23)/t20-/m1/s1. The molecular formula is C21H27NO2. The van der Waals surface area contributed by atoms with Crippen molar-refractivity contribution in [1.82, 2.24) is 5.32 Å². The molecule has 3 heteroatoms. The summed E-state index contributed by atoms with van der Waals surface area (Å²) < 4.78 is 5.89. The Balaban J connectivity index is 1.80. The largest absolute Gasteiger partial charge is 0.481 e. The molecule has 0 bridgehead atoms. The Hall–Kier alpha value is -2.29. The molecule has 0 unspecified atom stereocenters. The van der Waals surface area contributed by atoms with Crippen molar-refractivity contribution in [2.75, 3.05) is 6.54 Å². The first kappa shape index (κ1) is 18.1. The summed E-state index contributed by atoms with van der Waals surface area (Å²) in [5, 5.41) is 2.99. The Labute approximate surface area is 145 Å². The topological polar surface area (TPSA) is 38.3 Å². The quantitative estimate of drug-likeness (QED) is 0.738. The molecule has 2 rings (SSSR count). The average Bonchev–Trinajstić information content (AvgIpc) is 2.56. The second-order valence-corrected chi connectivity index (χ2v) is 6.22. The van der Waals surface area contributed by atoms with E-state index >= 15 is 0 Å². The summed E-state index contributed by atoms with van der Waals surface area (Å²) in [4.78, 5) is 12.3. The lowest BCUT2D eigenvalue weighted by atomic mass is 10.1. The average molecular weight is 325 g/mol. The van der Waals surface area contributed by atoms with Crippen LogP contribution in [0.25, 0.3) is 0 Å². The van der Waals surface area contributed by atoms with Gasteiger partial charge in [0.2, 0.25) is 0 Å². The van der Waals surface area contributed by atoms with Gasteiger partial charge in [-0.1, -0.05) is 43.3 Å². The van der Waals surface area contributed by atoms with E-state index in [1.807, 2.05) is 51.1 Å². The summed E-state index contributed by atoms with van der Waals surface area (Å²) in [6.07, 6.45) is 2.10. The highest BCUT2D eigenvalue weighted by molar-refractivity contribution is 5.81. The molecule has 2 aromatic carbocycles. The number of hydrogen-bond donors (Lipinski definition) is 1. The number of ether oxygens (including phenoxy) is 1. The molecule has 1 amide bonds. The van der Waals surface area contributed by atoms with E-state index in [-0.39, 0.29) is 5.91 Å². The maximum atomic E-state index is 12.3. The van der Waals surface area contributed by atoms with E-state index in [9.17, 15) is 4.79 Å². The van der Waals surface area contributed by atoms with Crippen LogP contribution in [0, 0.1) is 13.8 Å². The fourth-order valence-corrected chi connectivity index (χ4v) is 2.75. The zero-order valence-electron chi connectivity index (χ0n) is 14.8. The zero-order chi connectivity index (χ0) is 17.4. The first-order valence-electron chi connectivity index (χ1n) is 8.65. The van der Waals surface area contributed by atoms with E-state index in [2.05, 4.69) is 23.5 Å². The highest BCUT2D eigenvalue weighted by Gasteiger charge is 2.18. The summed E-state index contributed by atoms with van der Waals surface area (Å²) in [6.45, 7) is 6.70. The fourth-order valence-electron chi connectivity index (χ4n) is 2.75. The Bertz CT molecular complexity index is 632. The summed E-state index contributed by atoms with van der Waals surface area (Å²) in [7, 11) is 0. The second-order valence-electron chi connectivity index (χ2n) is 6.22. The molecule has 0 fully saturated rings. The van der Waals surface area contributed by atoms with Gasteiger partial charge in [-0.25, -0.2) is 0 Å². The molecule has 2 aromatic rings. The molecule has 0 radical (unpaired) electrons. The van der Waals surface area contributed by atoms with Crippen molar-refractivity contribution in [3.63, 3.8) is 0 Å². The first-order valence-corrected chi connectivity index (χ1v) is 8.65. The summed E-state index contributed by atoms with van der Waals surface area (Å²) in [5.41, 5.74) is 3.58. The highest BCUT2D eigenvalue weighted by Crippen LogP contribution is 2.18. The van der Waals surface area contributed by atoms with Gasteiger partial charge in [-0.3, -0.25) is 4.79 Å². The Kier molecular flexibility index (Phi) is 6.86. The first-order chi connectivity index (χ1) is 11.6. The molecule has 0 aromatic heterocycles. The maximum absolute atomic E-state index is 12.3. The fraction of sp³-hybridized carbons (Fsp3) is 0.381. The van der Waals surface area contributed by atoms with Crippen LogP contribution in [0.4, 0.5) is 0 Å². The van der Waals surface area contributed by atoms with Crippen LogP contribution in [0.3, 0.4) is 0 Å². The van der Waals surface area contributed by atoms with Crippen molar-refractivity contribution in [2.45, 2.75) is 46.1 Å². The lowest BCUT2D eigenvalue weighted by Gasteiger charge is -2.18. The minimum Gasteiger partial charge on any atom is -0.481 e. The van der Waals surface area contributed by atoms with Gasteiger partial charge < -0.3 is 10.1 Å². The lowest BCUT2D eigenvalue weighted by molar-refractivity contribution is -0.128. The van der Waals surface area contributed by atoms with Crippen molar-refractivity contribution in [3.8, 4) is 5.75 Å². The Morgan fingerprint density at radius 2 is 1.75 bits per heavy atom. The molecule has 3 nitrogen and oxygen atoms in total. The molecule has 0 aliphatic heterocycles. The normalized spacial score (nSPS) is 11.8. The van der Waals surface area contributed by atoms with E-state index < -0.39 is 6.10 Å². The van der Waals surface area contributed by atoms with Crippen molar-refractivity contribution in [2.24, 2.45) is 0 Å². The summed E-state index contributed by atoms with van der Waals surface area (Å²) in [5.74, 6) is 0.725. The number of hydrogen-bond acceptors (Lipinski definition) is 2. The monoisotopic (exact) mass is 325 g/mol. The van der Waals surface area contributed by atoms with Gasteiger partial charge >= 0.3 is 0 Å². The van der Waals surface area contributed by atoms with Gasteiger partial charge in [0.15, 0.2) is 6.10 Å². The molecule has 0 aliphatic rings. The summed E-state index contributed by atoms with van der Waals surface area (Å²) >= 11 is 0. The minimum atomic E-state index is -0.442. The van der Waals surface area contributed by atoms with Crippen LogP contribution in [-0.4, -0.2) is 18.6 Å². The zero-order valence-corrected chi connectivity index (χ0v) is 14.8. The van der Waals surface area contributed by atoms with Crippen LogP contribution in [0.5, 0.6) is 5.75 Å². The molecular weight excluding hydrogens is 298 g/mol. The second kappa shape index (κ2) is 9.11. The maximum Gasteiger partial charge on any atom is 0.261 e. The number of carbonyl (C=O) groups excluding carboxylic acids is 1. The van der Waals surface area contributed by atoms with Crippen LogP contribution in [0.2, 0.25) is 0 Å². The summed E-state index contributed by atoms with van der Waals surface area (Å²) in [6, 6.07) is 16.4. The Morgan fingerprint density at radius 3 is 2.38 bits per heavy atom.